The standard InChI is InChI=1S/C16H18FNO/c1-11-8-12(2)16(14(17)9-11)15(18)10-19-13-6-4-3-5-7-13/h3-9,15H,10,18H2,1-2H3. The van der Waals surface area contributed by atoms with Gasteiger partial charge in [-0.15, -0.1) is 0 Å². The number of rotatable bonds is 4. The van der Waals surface area contributed by atoms with E-state index in [1.165, 1.54) is 6.07 Å². The van der Waals surface area contributed by atoms with Gasteiger partial charge in [-0.1, -0.05) is 24.3 Å². The lowest BCUT2D eigenvalue weighted by atomic mass is 9.99. The van der Waals surface area contributed by atoms with Crippen LogP contribution in [-0.4, -0.2) is 6.61 Å². The maximum Gasteiger partial charge on any atom is 0.128 e. The van der Waals surface area contributed by atoms with Crippen LogP contribution in [0.3, 0.4) is 0 Å². The van der Waals surface area contributed by atoms with Gasteiger partial charge in [-0.3, -0.25) is 0 Å². The maximum absolute atomic E-state index is 14.0. The van der Waals surface area contributed by atoms with E-state index < -0.39 is 6.04 Å². The smallest absolute Gasteiger partial charge is 0.128 e. The van der Waals surface area contributed by atoms with Crippen LogP contribution in [0.1, 0.15) is 22.7 Å². The molecule has 2 rings (SSSR count). The van der Waals surface area contributed by atoms with E-state index in [0.29, 0.717) is 5.56 Å². The summed E-state index contributed by atoms with van der Waals surface area (Å²) >= 11 is 0. The summed E-state index contributed by atoms with van der Waals surface area (Å²) in [5, 5.41) is 0. The zero-order chi connectivity index (χ0) is 13.8. The quantitative estimate of drug-likeness (QED) is 0.911. The van der Waals surface area contributed by atoms with Crippen molar-refractivity contribution in [2.45, 2.75) is 19.9 Å². The zero-order valence-electron chi connectivity index (χ0n) is 11.2. The Kier molecular flexibility index (Phi) is 4.17. The van der Waals surface area contributed by atoms with E-state index >= 15 is 0 Å². The van der Waals surface area contributed by atoms with Crippen molar-refractivity contribution < 1.29 is 9.13 Å². The van der Waals surface area contributed by atoms with Crippen molar-refractivity contribution in [1.82, 2.24) is 0 Å². The molecule has 0 saturated heterocycles. The number of aryl methyl sites for hydroxylation is 2. The van der Waals surface area contributed by atoms with E-state index in [1.807, 2.05) is 50.2 Å². The summed E-state index contributed by atoms with van der Waals surface area (Å²) in [4.78, 5) is 0. The van der Waals surface area contributed by atoms with E-state index in [1.54, 1.807) is 0 Å². The third kappa shape index (κ3) is 3.32. The van der Waals surface area contributed by atoms with Crippen LogP contribution in [0, 0.1) is 19.7 Å². The third-order valence-corrected chi connectivity index (χ3v) is 3.02. The molecular weight excluding hydrogens is 241 g/mol. The molecule has 0 spiro atoms. The van der Waals surface area contributed by atoms with Crippen molar-refractivity contribution in [3.8, 4) is 5.75 Å². The van der Waals surface area contributed by atoms with E-state index in [4.69, 9.17) is 10.5 Å². The Morgan fingerprint density at radius 3 is 2.47 bits per heavy atom. The molecule has 0 aromatic heterocycles. The second kappa shape index (κ2) is 5.85. The lowest BCUT2D eigenvalue weighted by molar-refractivity contribution is 0.287. The highest BCUT2D eigenvalue weighted by Gasteiger charge is 2.15. The summed E-state index contributed by atoms with van der Waals surface area (Å²) in [6.45, 7) is 3.99. The molecule has 2 nitrogen and oxygen atoms in total. The SMILES string of the molecule is Cc1cc(C)c(C(N)COc2ccccc2)c(F)c1. The van der Waals surface area contributed by atoms with Gasteiger partial charge in [0, 0.05) is 5.56 Å². The molecule has 2 aromatic carbocycles. The van der Waals surface area contributed by atoms with Crippen LogP contribution in [0.25, 0.3) is 0 Å². The fraction of sp³-hybridized carbons (Fsp3) is 0.250. The Morgan fingerprint density at radius 1 is 1.16 bits per heavy atom. The fourth-order valence-electron chi connectivity index (χ4n) is 2.18. The molecule has 0 radical (unpaired) electrons. The average molecular weight is 259 g/mol. The van der Waals surface area contributed by atoms with Gasteiger partial charge in [-0.05, 0) is 43.2 Å². The maximum atomic E-state index is 14.0. The van der Waals surface area contributed by atoms with Crippen LogP contribution in [0.2, 0.25) is 0 Å². The molecular formula is C16H18FNO. The van der Waals surface area contributed by atoms with Gasteiger partial charge in [-0.2, -0.15) is 0 Å². The van der Waals surface area contributed by atoms with Crippen molar-refractivity contribution in [3.63, 3.8) is 0 Å². The van der Waals surface area contributed by atoms with Gasteiger partial charge in [-0.25, -0.2) is 4.39 Å². The monoisotopic (exact) mass is 259 g/mol. The van der Waals surface area contributed by atoms with E-state index in [2.05, 4.69) is 0 Å². The van der Waals surface area contributed by atoms with Crippen molar-refractivity contribution in [1.29, 1.82) is 0 Å². The normalized spacial score (nSPS) is 12.2. The molecule has 2 N–H and O–H groups in total. The Balaban J connectivity index is 2.10. The minimum atomic E-state index is -0.471. The number of ether oxygens (including phenoxy) is 1. The average Bonchev–Trinajstić information content (AvgIpc) is 2.36. The van der Waals surface area contributed by atoms with Crippen molar-refractivity contribution in [2.75, 3.05) is 6.61 Å². The molecule has 19 heavy (non-hydrogen) atoms. The van der Waals surface area contributed by atoms with Gasteiger partial charge in [0.05, 0.1) is 6.04 Å². The summed E-state index contributed by atoms with van der Waals surface area (Å²) in [5.41, 5.74) is 8.32. The molecule has 0 heterocycles. The minimum Gasteiger partial charge on any atom is -0.492 e. The summed E-state index contributed by atoms with van der Waals surface area (Å²) in [6, 6.07) is 12.4. The Morgan fingerprint density at radius 2 is 1.84 bits per heavy atom. The number of hydrogen-bond donors (Lipinski definition) is 1. The van der Waals surface area contributed by atoms with Crippen molar-refractivity contribution in [2.24, 2.45) is 5.73 Å². The first-order chi connectivity index (χ1) is 9.08. The summed E-state index contributed by atoms with van der Waals surface area (Å²) in [5.74, 6) is 0.477. The molecule has 0 fully saturated rings. The lowest BCUT2D eigenvalue weighted by Crippen LogP contribution is -2.21. The van der Waals surface area contributed by atoms with Crippen LogP contribution < -0.4 is 10.5 Å². The van der Waals surface area contributed by atoms with Gasteiger partial charge in [0.1, 0.15) is 18.2 Å². The van der Waals surface area contributed by atoms with E-state index in [0.717, 1.165) is 16.9 Å². The van der Waals surface area contributed by atoms with Gasteiger partial charge in [0.15, 0.2) is 0 Å². The largest absolute Gasteiger partial charge is 0.492 e. The molecule has 0 bridgehead atoms. The predicted octanol–water partition coefficient (Wildman–Crippen LogP) is 3.52. The number of para-hydroxylation sites is 1. The van der Waals surface area contributed by atoms with Crippen LogP contribution in [0.4, 0.5) is 4.39 Å². The highest BCUT2D eigenvalue weighted by Crippen LogP contribution is 2.22. The van der Waals surface area contributed by atoms with Crippen LogP contribution in [0.5, 0.6) is 5.75 Å². The van der Waals surface area contributed by atoms with Crippen LogP contribution >= 0.6 is 0 Å². The first-order valence-electron chi connectivity index (χ1n) is 6.28. The first kappa shape index (κ1) is 13.6. The third-order valence-electron chi connectivity index (χ3n) is 3.02. The molecule has 1 unspecified atom stereocenters. The Bertz CT molecular complexity index is 531. The second-order valence-corrected chi connectivity index (χ2v) is 4.71. The summed E-state index contributed by atoms with van der Waals surface area (Å²) in [7, 11) is 0. The second-order valence-electron chi connectivity index (χ2n) is 4.71. The molecule has 3 heteroatoms. The summed E-state index contributed by atoms with van der Waals surface area (Å²) < 4.78 is 19.5. The highest BCUT2D eigenvalue weighted by molar-refractivity contribution is 5.34. The zero-order valence-corrected chi connectivity index (χ0v) is 11.2. The lowest BCUT2D eigenvalue weighted by Gasteiger charge is -2.17. The van der Waals surface area contributed by atoms with Gasteiger partial charge in [0.25, 0.3) is 0 Å². The molecule has 0 aliphatic heterocycles. The molecule has 0 aliphatic carbocycles. The molecule has 0 saturated carbocycles. The molecule has 100 valence electrons. The van der Waals surface area contributed by atoms with Crippen LogP contribution in [0.15, 0.2) is 42.5 Å². The fourth-order valence-corrected chi connectivity index (χ4v) is 2.18. The van der Waals surface area contributed by atoms with Crippen LogP contribution in [-0.2, 0) is 0 Å². The summed E-state index contributed by atoms with van der Waals surface area (Å²) in [6.07, 6.45) is 0. The molecule has 1 atom stereocenters. The van der Waals surface area contributed by atoms with E-state index in [-0.39, 0.29) is 12.4 Å². The Labute approximate surface area is 113 Å². The molecule has 2 aromatic rings. The number of hydrogen-bond acceptors (Lipinski definition) is 2. The van der Waals surface area contributed by atoms with Gasteiger partial charge in [0.2, 0.25) is 0 Å². The number of benzene rings is 2. The van der Waals surface area contributed by atoms with Gasteiger partial charge >= 0.3 is 0 Å². The number of nitrogens with two attached hydrogens (primary N) is 1. The van der Waals surface area contributed by atoms with E-state index in [9.17, 15) is 4.39 Å². The molecule has 0 aliphatic rings. The van der Waals surface area contributed by atoms with Gasteiger partial charge < -0.3 is 10.5 Å². The topological polar surface area (TPSA) is 35.2 Å². The Hall–Kier alpha value is -1.87. The first-order valence-corrected chi connectivity index (χ1v) is 6.28. The van der Waals surface area contributed by atoms with Crippen molar-refractivity contribution in [3.05, 3.63) is 65.0 Å². The number of halogens is 1. The minimum absolute atomic E-state index is 0.255. The predicted molar refractivity (Wildman–Crippen MR) is 74.7 cm³/mol. The van der Waals surface area contributed by atoms with Crippen molar-refractivity contribution >= 4 is 0 Å². The highest BCUT2D eigenvalue weighted by atomic mass is 19.1. The molecule has 0 amide bonds.